The molecule has 2 amide bonds. The van der Waals surface area contributed by atoms with E-state index in [-0.39, 0.29) is 12.1 Å². The molecule has 2 heterocycles. The van der Waals surface area contributed by atoms with Crippen LogP contribution in [0, 0.1) is 0 Å². The molecular formula is C19H13ClN4O4. The number of aromatic nitrogens is 2. The summed E-state index contributed by atoms with van der Waals surface area (Å²) in [6.07, 6.45) is 1.27. The van der Waals surface area contributed by atoms with Gasteiger partial charge in [0.2, 0.25) is 5.58 Å². The lowest BCUT2D eigenvalue weighted by molar-refractivity contribution is -0.122. The van der Waals surface area contributed by atoms with Gasteiger partial charge in [-0.3, -0.25) is 29.8 Å². The molecule has 0 aliphatic carbocycles. The summed E-state index contributed by atoms with van der Waals surface area (Å²) in [6, 6.07) is 13.3. The number of hydrogen-bond acceptors (Lipinski definition) is 5. The van der Waals surface area contributed by atoms with Gasteiger partial charge in [-0.2, -0.15) is 0 Å². The molecule has 2 N–H and O–H groups in total. The SMILES string of the molecule is O=C(Cn1cnc2c(oc3ccccc32)c1=O)NNC(=O)c1ccc(Cl)cc1. The fourth-order valence-corrected chi connectivity index (χ4v) is 2.85. The molecule has 0 saturated carbocycles. The maximum atomic E-state index is 12.6. The van der Waals surface area contributed by atoms with Crippen molar-refractivity contribution in [1.82, 2.24) is 20.4 Å². The molecule has 0 unspecified atom stereocenters. The van der Waals surface area contributed by atoms with Gasteiger partial charge in [0.25, 0.3) is 17.4 Å². The van der Waals surface area contributed by atoms with Crippen LogP contribution in [0.15, 0.2) is 64.1 Å². The standard InChI is InChI=1S/C19H13ClN4O4/c20-12-7-5-11(6-8-12)18(26)23-22-15(25)9-24-10-21-16-13-3-1-2-4-14(13)28-17(16)19(24)27/h1-8,10H,9H2,(H,22,25)(H,23,26). The van der Waals surface area contributed by atoms with Gasteiger partial charge < -0.3 is 4.42 Å². The number of nitrogens with one attached hydrogen (secondary N) is 2. The number of rotatable bonds is 3. The average Bonchev–Trinajstić information content (AvgIpc) is 3.08. The van der Waals surface area contributed by atoms with Crippen LogP contribution < -0.4 is 16.4 Å². The van der Waals surface area contributed by atoms with Crippen LogP contribution in [0.2, 0.25) is 5.02 Å². The van der Waals surface area contributed by atoms with E-state index in [1.54, 1.807) is 30.3 Å². The van der Waals surface area contributed by atoms with Crippen molar-refractivity contribution in [3.8, 4) is 0 Å². The van der Waals surface area contributed by atoms with Crippen LogP contribution in [0.5, 0.6) is 0 Å². The van der Waals surface area contributed by atoms with E-state index in [0.717, 1.165) is 9.95 Å². The highest BCUT2D eigenvalue weighted by molar-refractivity contribution is 6.30. The molecule has 0 bridgehead atoms. The molecule has 8 nitrogen and oxygen atoms in total. The zero-order valence-electron chi connectivity index (χ0n) is 14.3. The van der Waals surface area contributed by atoms with Gasteiger partial charge in [-0.25, -0.2) is 4.98 Å². The van der Waals surface area contributed by atoms with Gasteiger partial charge in [0.15, 0.2) is 0 Å². The predicted octanol–water partition coefficient (Wildman–Crippen LogP) is 2.26. The van der Waals surface area contributed by atoms with Crippen molar-refractivity contribution in [3.63, 3.8) is 0 Å². The minimum absolute atomic E-state index is 0.0710. The first-order valence-electron chi connectivity index (χ1n) is 8.24. The Morgan fingerprint density at radius 1 is 1.07 bits per heavy atom. The number of carbonyl (C=O) groups excluding carboxylic acids is 2. The van der Waals surface area contributed by atoms with Crippen molar-refractivity contribution in [2.75, 3.05) is 0 Å². The van der Waals surface area contributed by atoms with E-state index in [2.05, 4.69) is 15.8 Å². The lowest BCUT2D eigenvalue weighted by atomic mass is 10.2. The molecule has 0 spiro atoms. The van der Waals surface area contributed by atoms with Crippen LogP contribution in [-0.4, -0.2) is 21.4 Å². The van der Waals surface area contributed by atoms with Crippen LogP contribution >= 0.6 is 11.6 Å². The Bertz CT molecular complexity index is 1260. The summed E-state index contributed by atoms with van der Waals surface area (Å²) in [5, 5.41) is 1.22. The van der Waals surface area contributed by atoms with E-state index < -0.39 is 17.4 Å². The number of hydrogen-bond donors (Lipinski definition) is 2. The maximum absolute atomic E-state index is 12.6. The fraction of sp³-hybridized carbons (Fsp3) is 0.0526. The summed E-state index contributed by atoms with van der Waals surface area (Å²) in [7, 11) is 0. The van der Waals surface area contributed by atoms with E-state index in [1.165, 1.54) is 18.5 Å². The highest BCUT2D eigenvalue weighted by Crippen LogP contribution is 2.23. The van der Waals surface area contributed by atoms with Crippen LogP contribution in [0.3, 0.4) is 0 Å². The van der Waals surface area contributed by atoms with Crippen LogP contribution in [-0.2, 0) is 11.3 Å². The van der Waals surface area contributed by atoms with E-state index in [1.807, 2.05) is 6.07 Å². The zero-order chi connectivity index (χ0) is 19.7. The third-order valence-corrected chi connectivity index (χ3v) is 4.34. The molecule has 0 aliphatic heterocycles. The van der Waals surface area contributed by atoms with Crippen LogP contribution in [0.25, 0.3) is 22.1 Å². The number of para-hydroxylation sites is 1. The summed E-state index contributed by atoms with van der Waals surface area (Å²) in [5.74, 6) is -1.11. The van der Waals surface area contributed by atoms with Gasteiger partial charge in [-0.1, -0.05) is 23.7 Å². The fourth-order valence-electron chi connectivity index (χ4n) is 2.72. The van der Waals surface area contributed by atoms with Crippen molar-refractivity contribution in [2.24, 2.45) is 0 Å². The van der Waals surface area contributed by atoms with Crippen molar-refractivity contribution in [3.05, 3.63) is 75.8 Å². The van der Waals surface area contributed by atoms with Gasteiger partial charge >= 0.3 is 0 Å². The Morgan fingerprint density at radius 2 is 1.82 bits per heavy atom. The Morgan fingerprint density at radius 3 is 2.61 bits per heavy atom. The van der Waals surface area contributed by atoms with E-state index >= 15 is 0 Å². The molecule has 0 fully saturated rings. The molecule has 0 aliphatic rings. The second-order valence-corrected chi connectivity index (χ2v) is 6.40. The van der Waals surface area contributed by atoms with E-state index in [0.29, 0.717) is 21.7 Å². The van der Waals surface area contributed by atoms with Crippen molar-refractivity contribution < 1.29 is 14.0 Å². The lowest BCUT2D eigenvalue weighted by Crippen LogP contribution is -2.44. The molecule has 4 rings (SSSR count). The molecule has 0 atom stereocenters. The second-order valence-electron chi connectivity index (χ2n) is 5.96. The number of carbonyl (C=O) groups is 2. The van der Waals surface area contributed by atoms with E-state index in [4.69, 9.17) is 16.0 Å². The molecule has 2 aromatic heterocycles. The summed E-state index contributed by atoms with van der Waals surface area (Å²) in [6.45, 7) is -0.334. The first-order chi connectivity index (χ1) is 13.5. The van der Waals surface area contributed by atoms with Crippen molar-refractivity contribution in [1.29, 1.82) is 0 Å². The summed E-state index contributed by atoms with van der Waals surface area (Å²) in [5.41, 5.74) is 5.42. The number of nitrogens with zero attached hydrogens (tertiary/aromatic N) is 2. The largest absolute Gasteiger partial charge is 0.448 e. The third kappa shape index (κ3) is 3.33. The number of halogens is 1. The number of fused-ring (bicyclic) bond motifs is 3. The third-order valence-electron chi connectivity index (χ3n) is 4.09. The Balaban J connectivity index is 1.48. The number of furan rings is 1. The highest BCUT2D eigenvalue weighted by atomic mass is 35.5. The minimum atomic E-state index is -0.596. The van der Waals surface area contributed by atoms with E-state index in [9.17, 15) is 14.4 Å². The zero-order valence-corrected chi connectivity index (χ0v) is 15.1. The smallest absolute Gasteiger partial charge is 0.297 e. The molecular weight excluding hydrogens is 384 g/mol. The first-order valence-corrected chi connectivity index (χ1v) is 8.62. The van der Waals surface area contributed by atoms with Gasteiger partial charge in [0.05, 0.1) is 6.33 Å². The molecule has 0 radical (unpaired) electrons. The topological polar surface area (TPSA) is 106 Å². The second kappa shape index (κ2) is 7.16. The molecule has 0 saturated heterocycles. The number of benzene rings is 2. The maximum Gasteiger partial charge on any atom is 0.297 e. The number of hydrazine groups is 1. The molecule has 140 valence electrons. The van der Waals surface area contributed by atoms with Crippen LogP contribution in [0.1, 0.15) is 10.4 Å². The Labute approximate surface area is 162 Å². The van der Waals surface area contributed by atoms with Crippen molar-refractivity contribution in [2.45, 2.75) is 6.54 Å². The summed E-state index contributed by atoms with van der Waals surface area (Å²) >= 11 is 5.77. The highest BCUT2D eigenvalue weighted by Gasteiger charge is 2.15. The Hall–Kier alpha value is -3.65. The summed E-state index contributed by atoms with van der Waals surface area (Å²) in [4.78, 5) is 40.9. The quantitative estimate of drug-likeness (QED) is 0.517. The molecule has 2 aromatic carbocycles. The van der Waals surface area contributed by atoms with Gasteiger partial charge in [0.1, 0.15) is 17.6 Å². The van der Waals surface area contributed by atoms with Gasteiger partial charge in [-0.05, 0) is 36.4 Å². The predicted molar refractivity (Wildman–Crippen MR) is 103 cm³/mol. The molecule has 28 heavy (non-hydrogen) atoms. The summed E-state index contributed by atoms with van der Waals surface area (Å²) < 4.78 is 6.67. The van der Waals surface area contributed by atoms with Gasteiger partial charge in [-0.15, -0.1) is 0 Å². The first kappa shape index (κ1) is 17.7. The minimum Gasteiger partial charge on any atom is -0.448 e. The van der Waals surface area contributed by atoms with Crippen molar-refractivity contribution >= 4 is 45.5 Å². The van der Waals surface area contributed by atoms with Gasteiger partial charge in [0, 0.05) is 16.0 Å². The molecule has 9 heteroatoms. The monoisotopic (exact) mass is 396 g/mol. The normalized spacial score (nSPS) is 10.9. The number of amides is 2. The Kier molecular flexibility index (Phi) is 4.54. The lowest BCUT2D eigenvalue weighted by Gasteiger charge is -2.08. The molecule has 4 aromatic rings. The average molecular weight is 397 g/mol. The van der Waals surface area contributed by atoms with Crippen LogP contribution in [0.4, 0.5) is 0 Å².